The van der Waals surface area contributed by atoms with Crippen molar-refractivity contribution >= 4 is 0 Å². The minimum Gasteiger partial charge on any atom is -0.394 e. The summed E-state index contributed by atoms with van der Waals surface area (Å²) in [5.41, 5.74) is 1.28. The average molecular weight is 223 g/mol. The molecule has 0 radical (unpaired) electrons. The van der Waals surface area contributed by atoms with E-state index in [4.69, 9.17) is 4.74 Å². The third kappa shape index (κ3) is 1.71. The second-order valence-electron chi connectivity index (χ2n) is 5.66. The van der Waals surface area contributed by atoms with Gasteiger partial charge in [-0.2, -0.15) is 0 Å². The molecule has 0 spiro atoms. The van der Waals surface area contributed by atoms with Gasteiger partial charge in [-0.15, -0.1) is 0 Å². The van der Waals surface area contributed by atoms with Crippen LogP contribution in [0, 0.1) is 0 Å². The van der Waals surface area contributed by atoms with Crippen molar-refractivity contribution in [3.05, 3.63) is 12.2 Å². The van der Waals surface area contributed by atoms with E-state index in [9.17, 15) is 5.11 Å². The van der Waals surface area contributed by atoms with Crippen molar-refractivity contribution in [3.8, 4) is 0 Å². The number of hydrogen-bond acceptors (Lipinski definition) is 3. The van der Waals surface area contributed by atoms with Crippen molar-refractivity contribution in [3.63, 3.8) is 0 Å². The highest BCUT2D eigenvalue weighted by atomic mass is 16.5. The van der Waals surface area contributed by atoms with E-state index in [1.165, 1.54) is 24.8 Å². The molecule has 0 aromatic rings. The maximum atomic E-state index is 9.63. The van der Waals surface area contributed by atoms with E-state index < -0.39 is 0 Å². The fraction of sp³-hybridized carbons (Fsp3) is 0.846. The van der Waals surface area contributed by atoms with Crippen molar-refractivity contribution in [2.75, 3.05) is 19.8 Å². The van der Waals surface area contributed by atoms with Crippen LogP contribution in [0.4, 0.5) is 0 Å². The maximum absolute atomic E-state index is 9.63. The summed E-state index contributed by atoms with van der Waals surface area (Å²) in [5, 5.41) is 9.63. The predicted molar refractivity (Wildman–Crippen MR) is 62.3 cm³/mol. The largest absolute Gasteiger partial charge is 0.394 e. The molecule has 16 heavy (non-hydrogen) atoms. The Morgan fingerprint density at radius 2 is 2.25 bits per heavy atom. The molecule has 3 rings (SSSR count). The Bertz CT molecular complexity index is 300. The van der Waals surface area contributed by atoms with Crippen molar-refractivity contribution < 1.29 is 9.84 Å². The normalized spacial score (nSPS) is 39.3. The molecular formula is C13H21NO2. The lowest BCUT2D eigenvalue weighted by atomic mass is 9.94. The summed E-state index contributed by atoms with van der Waals surface area (Å²) in [6, 6.07) is 0.506. The van der Waals surface area contributed by atoms with Crippen LogP contribution in [0.25, 0.3) is 0 Å². The summed E-state index contributed by atoms with van der Waals surface area (Å²) in [7, 11) is 0. The lowest BCUT2D eigenvalue weighted by Gasteiger charge is -2.32. The molecule has 2 atom stereocenters. The van der Waals surface area contributed by atoms with Gasteiger partial charge < -0.3 is 9.84 Å². The van der Waals surface area contributed by atoms with Crippen LogP contribution in [0.2, 0.25) is 0 Å². The smallest absolute Gasteiger partial charge is 0.0625 e. The van der Waals surface area contributed by atoms with Crippen LogP contribution in [-0.2, 0) is 4.74 Å². The van der Waals surface area contributed by atoms with Crippen molar-refractivity contribution in [1.29, 1.82) is 0 Å². The summed E-state index contributed by atoms with van der Waals surface area (Å²) in [6.45, 7) is 6.15. The lowest BCUT2D eigenvalue weighted by molar-refractivity contribution is 0.0278. The van der Waals surface area contributed by atoms with Gasteiger partial charge in [-0.05, 0) is 32.1 Å². The molecule has 90 valence electrons. The van der Waals surface area contributed by atoms with E-state index in [1.54, 1.807) is 0 Å². The van der Waals surface area contributed by atoms with E-state index in [0.717, 1.165) is 26.0 Å². The molecule has 1 saturated carbocycles. The van der Waals surface area contributed by atoms with E-state index in [1.807, 2.05) is 0 Å². The minimum absolute atomic E-state index is 0.00859. The SMILES string of the molecule is C=C1CN2[C@H](COC3CC3)CC[C@@]2(CO)C1. The van der Waals surface area contributed by atoms with Crippen molar-refractivity contribution in [2.45, 2.75) is 49.8 Å². The molecular weight excluding hydrogens is 202 g/mol. The van der Waals surface area contributed by atoms with Gasteiger partial charge in [0.25, 0.3) is 0 Å². The zero-order valence-corrected chi connectivity index (χ0v) is 9.82. The Kier molecular flexibility index (Phi) is 2.57. The molecule has 1 aliphatic carbocycles. The van der Waals surface area contributed by atoms with Gasteiger partial charge in [0.05, 0.1) is 19.3 Å². The molecule has 1 N–H and O–H groups in total. The third-order valence-electron chi connectivity index (χ3n) is 4.31. The first-order valence-corrected chi connectivity index (χ1v) is 6.39. The maximum Gasteiger partial charge on any atom is 0.0625 e. The molecule has 0 aromatic heterocycles. The number of rotatable bonds is 4. The number of ether oxygens (including phenoxy) is 1. The fourth-order valence-electron chi connectivity index (χ4n) is 3.25. The first kappa shape index (κ1) is 10.8. The molecule has 3 heteroatoms. The Morgan fingerprint density at radius 3 is 2.94 bits per heavy atom. The standard InChI is InChI=1S/C13H21NO2/c1-10-6-13(9-15)5-4-11(14(13)7-10)8-16-12-2-3-12/h11-12,15H,1-9H2/t11-,13-/m0/s1. The second kappa shape index (κ2) is 3.83. The summed E-state index contributed by atoms with van der Waals surface area (Å²) in [5.74, 6) is 0. The quantitative estimate of drug-likeness (QED) is 0.730. The van der Waals surface area contributed by atoms with E-state index in [-0.39, 0.29) is 12.1 Å². The Labute approximate surface area is 97.1 Å². The van der Waals surface area contributed by atoms with Gasteiger partial charge in [0.2, 0.25) is 0 Å². The zero-order chi connectivity index (χ0) is 11.2. The van der Waals surface area contributed by atoms with Gasteiger partial charge in [-0.1, -0.05) is 12.2 Å². The molecule has 3 nitrogen and oxygen atoms in total. The van der Waals surface area contributed by atoms with Gasteiger partial charge >= 0.3 is 0 Å². The van der Waals surface area contributed by atoms with E-state index >= 15 is 0 Å². The summed E-state index contributed by atoms with van der Waals surface area (Å²) in [4.78, 5) is 2.44. The topological polar surface area (TPSA) is 32.7 Å². The Balaban J connectivity index is 1.65. The van der Waals surface area contributed by atoms with Gasteiger partial charge in [-0.3, -0.25) is 4.90 Å². The highest BCUT2D eigenvalue weighted by Gasteiger charge is 2.50. The molecule has 0 bridgehead atoms. The molecule has 0 aromatic carbocycles. The molecule has 0 unspecified atom stereocenters. The number of aliphatic hydroxyl groups is 1. The molecule has 3 fully saturated rings. The van der Waals surface area contributed by atoms with E-state index in [2.05, 4.69) is 11.5 Å². The molecule has 2 heterocycles. The van der Waals surface area contributed by atoms with E-state index in [0.29, 0.717) is 12.1 Å². The van der Waals surface area contributed by atoms with Gasteiger partial charge in [0, 0.05) is 18.1 Å². The monoisotopic (exact) mass is 223 g/mol. The van der Waals surface area contributed by atoms with Gasteiger partial charge in [0.1, 0.15) is 0 Å². The van der Waals surface area contributed by atoms with Crippen LogP contribution in [0.1, 0.15) is 32.1 Å². The predicted octanol–water partition coefficient (Wildman–Crippen LogP) is 1.32. The molecule has 0 amide bonds. The molecule has 2 saturated heterocycles. The Morgan fingerprint density at radius 1 is 1.44 bits per heavy atom. The first-order valence-electron chi connectivity index (χ1n) is 6.39. The molecule has 2 aliphatic heterocycles. The number of hydrogen-bond donors (Lipinski definition) is 1. The third-order valence-corrected chi connectivity index (χ3v) is 4.31. The number of aliphatic hydroxyl groups excluding tert-OH is 1. The molecule has 3 aliphatic rings. The first-order chi connectivity index (χ1) is 7.73. The Hall–Kier alpha value is -0.380. The highest BCUT2D eigenvalue weighted by molar-refractivity contribution is 5.19. The summed E-state index contributed by atoms with van der Waals surface area (Å²) < 4.78 is 5.82. The fourth-order valence-corrected chi connectivity index (χ4v) is 3.25. The summed E-state index contributed by atoms with van der Waals surface area (Å²) >= 11 is 0. The van der Waals surface area contributed by atoms with Crippen LogP contribution in [0.15, 0.2) is 12.2 Å². The van der Waals surface area contributed by atoms with Gasteiger partial charge in [-0.25, -0.2) is 0 Å². The van der Waals surface area contributed by atoms with Gasteiger partial charge in [0.15, 0.2) is 0 Å². The second-order valence-corrected chi connectivity index (χ2v) is 5.66. The lowest BCUT2D eigenvalue weighted by Crippen LogP contribution is -2.46. The van der Waals surface area contributed by atoms with Crippen LogP contribution in [0.5, 0.6) is 0 Å². The van der Waals surface area contributed by atoms with Crippen LogP contribution >= 0.6 is 0 Å². The van der Waals surface area contributed by atoms with Crippen molar-refractivity contribution in [1.82, 2.24) is 4.90 Å². The van der Waals surface area contributed by atoms with Crippen molar-refractivity contribution in [2.24, 2.45) is 0 Å². The number of nitrogens with zero attached hydrogens (tertiary/aromatic N) is 1. The zero-order valence-electron chi connectivity index (χ0n) is 9.82. The number of fused-ring (bicyclic) bond motifs is 1. The summed E-state index contributed by atoms with van der Waals surface area (Å²) in [6.07, 6.45) is 6.26. The minimum atomic E-state index is 0.00859. The highest BCUT2D eigenvalue weighted by Crippen LogP contribution is 2.44. The van der Waals surface area contributed by atoms with Crippen LogP contribution in [0.3, 0.4) is 0 Å². The van der Waals surface area contributed by atoms with Crippen LogP contribution < -0.4 is 0 Å². The van der Waals surface area contributed by atoms with Crippen LogP contribution in [-0.4, -0.2) is 47.4 Å². The average Bonchev–Trinajstić information content (AvgIpc) is 2.95.